The van der Waals surface area contributed by atoms with Crippen LogP contribution in [0.4, 0.5) is 5.00 Å². The van der Waals surface area contributed by atoms with Gasteiger partial charge in [-0.2, -0.15) is 0 Å². The van der Waals surface area contributed by atoms with Gasteiger partial charge in [0, 0.05) is 16.9 Å². The van der Waals surface area contributed by atoms with E-state index in [9.17, 15) is 9.59 Å². The molecule has 0 aliphatic rings. The average molecular weight is 394 g/mol. The summed E-state index contributed by atoms with van der Waals surface area (Å²) in [5, 5.41) is 3.33. The normalized spacial score (nSPS) is 10.5. The van der Waals surface area contributed by atoms with Crippen LogP contribution in [0.2, 0.25) is 0 Å². The van der Waals surface area contributed by atoms with Crippen molar-refractivity contribution in [2.45, 2.75) is 20.3 Å². The lowest BCUT2D eigenvalue weighted by Gasteiger charge is -2.07. The van der Waals surface area contributed by atoms with Gasteiger partial charge in [0.2, 0.25) is 0 Å². The first-order chi connectivity index (χ1) is 13.5. The van der Waals surface area contributed by atoms with Gasteiger partial charge in [-0.05, 0) is 49.2 Å². The van der Waals surface area contributed by atoms with Crippen LogP contribution in [0, 0.1) is 6.92 Å². The summed E-state index contributed by atoms with van der Waals surface area (Å²) in [7, 11) is 0. The fraction of sp³-hybridized carbons (Fsp3) is 0.182. The summed E-state index contributed by atoms with van der Waals surface area (Å²) in [5.74, 6) is -0.137. The Morgan fingerprint density at radius 2 is 1.75 bits per heavy atom. The Hall–Kier alpha value is -3.12. The average Bonchev–Trinajstić information content (AvgIpc) is 2.98. The van der Waals surface area contributed by atoms with Crippen molar-refractivity contribution < 1.29 is 14.3 Å². The van der Waals surface area contributed by atoms with Crippen LogP contribution in [0.5, 0.6) is 5.75 Å². The molecule has 1 aromatic heterocycles. The van der Waals surface area contributed by atoms with Gasteiger partial charge in [-0.15, -0.1) is 11.3 Å². The van der Waals surface area contributed by atoms with E-state index in [2.05, 4.69) is 5.32 Å². The Morgan fingerprint density at radius 3 is 2.36 bits per heavy atom. The molecule has 0 aliphatic heterocycles. The number of nitrogens with two attached hydrogens (primary N) is 1. The Kier molecular flexibility index (Phi) is 6.11. The molecule has 0 aliphatic carbocycles. The first kappa shape index (κ1) is 19.6. The smallest absolute Gasteiger partial charge is 0.256 e. The van der Waals surface area contributed by atoms with Gasteiger partial charge in [0.25, 0.3) is 11.8 Å². The maximum atomic E-state index is 12.6. The third-order valence-electron chi connectivity index (χ3n) is 4.35. The largest absolute Gasteiger partial charge is 0.494 e. The van der Waals surface area contributed by atoms with E-state index in [-0.39, 0.29) is 5.91 Å². The number of ether oxygens (including phenoxy) is 1. The lowest BCUT2D eigenvalue weighted by Crippen LogP contribution is -2.17. The van der Waals surface area contributed by atoms with Gasteiger partial charge in [0.05, 0.1) is 12.2 Å². The second-order valence-corrected chi connectivity index (χ2v) is 7.40. The molecule has 6 heteroatoms. The lowest BCUT2D eigenvalue weighted by atomic mass is 10.1. The minimum atomic E-state index is -0.546. The number of primary amides is 1. The fourth-order valence-electron chi connectivity index (χ4n) is 2.94. The van der Waals surface area contributed by atoms with Crippen molar-refractivity contribution in [3.63, 3.8) is 0 Å². The molecule has 0 bridgehead atoms. The van der Waals surface area contributed by atoms with Crippen molar-refractivity contribution in [1.82, 2.24) is 0 Å². The molecule has 3 N–H and O–H groups in total. The standard InChI is InChI=1S/C22H22N2O3S/c1-3-27-17-11-9-16(10-12-17)21(26)24-22-19(20(23)25)14(2)18(28-22)13-15-7-5-4-6-8-15/h4-12H,3,13H2,1-2H3,(H2,23,25)(H,24,26). The third kappa shape index (κ3) is 4.40. The summed E-state index contributed by atoms with van der Waals surface area (Å²) in [6, 6.07) is 16.8. The maximum Gasteiger partial charge on any atom is 0.256 e. The molecule has 5 nitrogen and oxygen atoms in total. The number of amides is 2. The third-order valence-corrected chi connectivity index (χ3v) is 5.56. The number of hydrogen-bond acceptors (Lipinski definition) is 4. The van der Waals surface area contributed by atoms with Crippen LogP contribution in [0.25, 0.3) is 0 Å². The molecule has 2 amide bonds. The second-order valence-electron chi connectivity index (χ2n) is 6.29. The molecule has 0 fully saturated rings. The second kappa shape index (κ2) is 8.71. The summed E-state index contributed by atoms with van der Waals surface area (Å²) in [6.07, 6.45) is 0.677. The zero-order valence-corrected chi connectivity index (χ0v) is 16.6. The Bertz CT molecular complexity index is 979. The number of nitrogens with one attached hydrogen (secondary N) is 1. The summed E-state index contributed by atoms with van der Waals surface area (Å²) in [6.45, 7) is 4.33. The molecule has 0 spiro atoms. The van der Waals surface area contributed by atoms with Crippen molar-refractivity contribution in [3.05, 3.63) is 81.7 Å². The van der Waals surface area contributed by atoms with Crippen molar-refractivity contribution in [2.75, 3.05) is 11.9 Å². The van der Waals surface area contributed by atoms with E-state index in [0.717, 1.165) is 16.0 Å². The van der Waals surface area contributed by atoms with E-state index in [1.165, 1.54) is 11.3 Å². The number of carbonyl (C=O) groups is 2. The monoisotopic (exact) mass is 394 g/mol. The molecule has 28 heavy (non-hydrogen) atoms. The molecule has 144 valence electrons. The first-order valence-electron chi connectivity index (χ1n) is 8.99. The van der Waals surface area contributed by atoms with E-state index in [0.29, 0.717) is 34.9 Å². The van der Waals surface area contributed by atoms with E-state index in [1.54, 1.807) is 24.3 Å². The molecular weight excluding hydrogens is 372 g/mol. The number of carbonyl (C=O) groups excluding carboxylic acids is 2. The van der Waals surface area contributed by atoms with Crippen LogP contribution in [0.15, 0.2) is 54.6 Å². The van der Waals surface area contributed by atoms with Crippen molar-refractivity contribution in [2.24, 2.45) is 5.73 Å². The minimum Gasteiger partial charge on any atom is -0.494 e. The predicted molar refractivity (Wildman–Crippen MR) is 112 cm³/mol. The molecule has 0 unspecified atom stereocenters. The first-order valence-corrected chi connectivity index (χ1v) is 9.81. The van der Waals surface area contributed by atoms with Gasteiger partial charge in [0.15, 0.2) is 0 Å². The van der Waals surface area contributed by atoms with Gasteiger partial charge in [-0.1, -0.05) is 30.3 Å². The number of thiophene rings is 1. The highest BCUT2D eigenvalue weighted by molar-refractivity contribution is 7.17. The van der Waals surface area contributed by atoms with Gasteiger partial charge < -0.3 is 15.8 Å². The highest BCUT2D eigenvalue weighted by Gasteiger charge is 2.21. The molecule has 0 saturated heterocycles. The quantitative estimate of drug-likeness (QED) is 0.623. The number of rotatable bonds is 7. The molecule has 0 radical (unpaired) electrons. The van der Waals surface area contributed by atoms with Gasteiger partial charge >= 0.3 is 0 Å². The van der Waals surface area contributed by atoms with E-state index < -0.39 is 5.91 Å². The van der Waals surface area contributed by atoms with Crippen LogP contribution in [-0.4, -0.2) is 18.4 Å². The van der Waals surface area contributed by atoms with Crippen molar-refractivity contribution in [1.29, 1.82) is 0 Å². The van der Waals surface area contributed by atoms with Gasteiger partial charge in [-0.25, -0.2) is 0 Å². The molecule has 3 aromatic rings. The molecule has 1 heterocycles. The van der Waals surface area contributed by atoms with Gasteiger partial charge in [-0.3, -0.25) is 9.59 Å². The summed E-state index contributed by atoms with van der Waals surface area (Å²) < 4.78 is 5.39. The highest BCUT2D eigenvalue weighted by Crippen LogP contribution is 2.34. The Morgan fingerprint density at radius 1 is 1.07 bits per heavy atom. The predicted octanol–water partition coefficient (Wildman–Crippen LogP) is 4.40. The lowest BCUT2D eigenvalue weighted by molar-refractivity contribution is 0.100. The van der Waals surface area contributed by atoms with Gasteiger partial charge in [0.1, 0.15) is 10.8 Å². The van der Waals surface area contributed by atoms with Crippen LogP contribution in [-0.2, 0) is 6.42 Å². The maximum absolute atomic E-state index is 12.6. The number of benzene rings is 2. The Balaban J connectivity index is 1.85. The molecule has 2 aromatic carbocycles. The van der Waals surface area contributed by atoms with Crippen LogP contribution < -0.4 is 15.8 Å². The van der Waals surface area contributed by atoms with Crippen LogP contribution >= 0.6 is 11.3 Å². The summed E-state index contributed by atoms with van der Waals surface area (Å²) in [5.41, 5.74) is 8.38. The topological polar surface area (TPSA) is 81.4 Å². The van der Waals surface area contributed by atoms with Crippen molar-refractivity contribution in [3.8, 4) is 5.75 Å². The summed E-state index contributed by atoms with van der Waals surface area (Å²) in [4.78, 5) is 25.6. The zero-order chi connectivity index (χ0) is 20.1. The van der Waals surface area contributed by atoms with E-state index in [1.807, 2.05) is 44.2 Å². The number of anilines is 1. The highest BCUT2D eigenvalue weighted by atomic mass is 32.1. The molecule has 0 atom stereocenters. The molecular formula is C22H22N2O3S. The van der Waals surface area contributed by atoms with E-state index >= 15 is 0 Å². The molecule has 3 rings (SSSR count). The zero-order valence-electron chi connectivity index (χ0n) is 15.8. The summed E-state index contributed by atoms with van der Waals surface area (Å²) >= 11 is 1.39. The van der Waals surface area contributed by atoms with Crippen LogP contribution in [0.3, 0.4) is 0 Å². The van der Waals surface area contributed by atoms with Crippen molar-refractivity contribution >= 4 is 28.2 Å². The fourth-order valence-corrected chi connectivity index (χ4v) is 4.18. The van der Waals surface area contributed by atoms with Crippen LogP contribution in [0.1, 0.15) is 43.6 Å². The Labute approximate surface area is 168 Å². The SMILES string of the molecule is CCOc1ccc(C(=O)Nc2sc(Cc3ccccc3)c(C)c2C(N)=O)cc1. The number of hydrogen-bond donors (Lipinski definition) is 2. The molecule has 0 saturated carbocycles. The van der Waals surface area contributed by atoms with E-state index in [4.69, 9.17) is 10.5 Å². The minimum absolute atomic E-state index is 0.293.